The standard InChI is InChI=1S/C26H36N6O3S.C2H6.H2S/c1-4-10-22(5-2)35-36-29(3)31-16-9-13-21(19-31)32-24(20-11-7-6-8-12-20)23(28-26(32)34)25(33)30-17-14-27-15-18-30;1-2;/h4-8,10-12,21,27H,9,13-19H2,1-3H3,(H,28,34);1-2H3;1H2/b10-4-,22-5+;;. The molecule has 2 N–H and O–H groups in total. The van der Waals surface area contributed by atoms with Gasteiger partial charge in [0.05, 0.1) is 11.7 Å². The Morgan fingerprint density at radius 1 is 1.13 bits per heavy atom. The summed E-state index contributed by atoms with van der Waals surface area (Å²) in [7, 11) is 1.97. The van der Waals surface area contributed by atoms with E-state index in [1.807, 2.05) is 92.6 Å². The van der Waals surface area contributed by atoms with Gasteiger partial charge < -0.3 is 19.4 Å². The van der Waals surface area contributed by atoms with Gasteiger partial charge in [0.1, 0.15) is 11.5 Å². The molecular weight excluding hydrogens is 532 g/mol. The number of hydrogen-bond acceptors (Lipinski definition) is 7. The molecule has 4 rings (SSSR count). The number of hydrogen-bond donors (Lipinski definition) is 2. The molecule has 39 heavy (non-hydrogen) atoms. The van der Waals surface area contributed by atoms with E-state index in [0.717, 1.165) is 43.8 Å². The molecule has 1 amide bonds. The Bertz CT molecular complexity index is 1140. The summed E-state index contributed by atoms with van der Waals surface area (Å²) in [5, 5.41) is 5.47. The average Bonchev–Trinajstić information content (AvgIpc) is 3.33. The third-order valence-electron chi connectivity index (χ3n) is 6.59. The maximum absolute atomic E-state index is 13.5. The highest BCUT2D eigenvalue weighted by Crippen LogP contribution is 2.31. The molecule has 9 nitrogen and oxygen atoms in total. The zero-order valence-corrected chi connectivity index (χ0v) is 25.6. The smallest absolute Gasteiger partial charge is 0.326 e. The topological polar surface area (TPSA) is 85.8 Å². The van der Waals surface area contributed by atoms with E-state index >= 15 is 0 Å². The molecule has 1 aromatic heterocycles. The second-order valence-electron chi connectivity index (χ2n) is 8.95. The zero-order chi connectivity index (χ0) is 27.5. The largest absolute Gasteiger partial charge is 0.409 e. The average molecular weight is 577 g/mol. The van der Waals surface area contributed by atoms with E-state index in [-0.39, 0.29) is 31.1 Å². The van der Waals surface area contributed by atoms with Crippen molar-refractivity contribution in [1.29, 1.82) is 0 Å². The predicted molar refractivity (Wildman–Crippen MR) is 166 cm³/mol. The normalized spacial score (nSPS) is 18.5. The first kappa shape index (κ1) is 32.8. The van der Waals surface area contributed by atoms with E-state index in [0.29, 0.717) is 31.0 Å². The molecule has 0 bridgehead atoms. The molecular formula is C28H44N6O3S2. The number of benzene rings is 1. The first-order valence-electron chi connectivity index (χ1n) is 13.6. The fourth-order valence-electron chi connectivity index (χ4n) is 4.74. The predicted octanol–water partition coefficient (Wildman–Crippen LogP) is 4.57. The molecule has 2 aliphatic rings. The molecule has 2 fully saturated rings. The van der Waals surface area contributed by atoms with Crippen LogP contribution in [-0.4, -0.2) is 76.1 Å². The zero-order valence-electron chi connectivity index (χ0n) is 23.8. The van der Waals surface area contributed by atoms with Crippen molar-refractivity contribution in [2.45, 2.75) is 46.6 Å². The van der Waals surface area contributed by atoms with Gasteiger partial charge in [-0.15, -0.1) is 0 Å². The van der Waals surface area contributed by atoms with Gasteiger partial charge in [0, 0.05) is 51.9 Å². The van der Waals surface area contributed by atoms with Gasteiger partial charge in [-0.2, -0.15) is 17.9 Å². The van der Waals surface area contributed by atoms with Gasteiger partial charge in [0.15, 0.2) is 12.2 Å². The molecule has 2 aliphatic heterocycles. The molecule has 0 radical (unpaired) electrons. The van der Waals surface area contributed by atoms with Crippen LogP contribution in [0.4, 0.5) is 0 Å². The summed E-state index contributed by atoms with van der Waals surface area (Å²) in [5.41, 5.74) is 1.67. The molecule has 3 heterocycles. The maximum Gasteiger partial charge on any atom is 0.326 e. The Balaban J connectivity index is 0.00000174. The number of piperazine rings is 1. The number of aromatic amines is 1. The molecule has 0 saturated carbocycles. The van der Waals surface area contributed by atoms with Crippen molar-refractivity contribution in [2.75, 3.05) is 46.3 Å². The van der Waals surface area contributed by atoms with Gasteiger partial charge in [-0.25, -0.2) is 9.80 Å². The maximum atomic E-state index is 13.5. The lowest BCUT2D eigenvalue weighted by Gasteiger charge is -2.37. The van der Waals surface area contributed by atoms with Crippen molar-refractivity contribution in [3.05, 3.63) is 70.5 Å². The van der Waals surface area contributed by atoms with E-state index in [2.05, 4.69) is 15.3 Å². The molecule has 1 unspecified atom stereocenters. The summed E-state index contributed by atoms with van der Waals surface area (Å²) < 4.78 is 9.63. The van der Waals surface area contributed by atoms with Gasteiger partial charge in [-0.3, -0.25) is 9.36 Å². The number of rotatable bonds is 8. The Labute approximate surface area is 244 Å². The van der Waals surface area contributed by atoms with Crippen molar-refractivity contribution >= 4 is 31.6 Å². The minimum Gasteiger partial charge on any atom is -0.409 e. The fraction of sp³-hybridized carbons (Fsp3) is 0.500. The number of hydrazine groups is 1. The van der Waals surface area contributed by atoms with Gasteiger partial charge in [0.25, 0.3) is 5.91 Å². The second-order valence-corrected chi connectivity index (χ2v) is 9.80. The van der Waals surface area contributed by atoms with Crippen LogP contribution in [0.25, 0.3) is 11.3 Å². The highest BCUT2D eigenvalue weighted by Gasteiger charge is 2.32. The first-order valence-corrected chi connectivity index (χ1v) is 14.3. The van der Waals surface area contributed by atoms with Crippen LogP contribution in [0, 0.1) is 0 Å². The lowest BCUT2D eigenvalue weighted by Crippen LogP contribution is -2.46. The van der Waals surface area contributed by atoms with Crippen LogP contribution in [0.1, 0.15) is 57.1 Å². The number of carbonyl (C=O) groups is 1. The Kier molecular flexibility index (Phi) is 14.0. The summed E-state index contributed by atoms with van der Waals surface area (Å²) in [5.74, 6) is 0.662. The molecule has 0 aliphatic carbocycles. The van der Waals surface area contributed by atoms with Crippen molar-refractivity contribution in [2.24, 2.45) is 0 Å². The van der Waals surface area contributed by atoms with Crippen molar-refractivity contribution in [1.82, 2.24) is 29.2 Å². The SMILES string of the molecule is C/C=C\C(=C/C)OSN(C)N1CCCC(n2c(-c3ccccc3)c(C(=O)N3CCNCC3)[nH]c2=O)C1.CC.S. The molecule has 1 atom stereocenters. The van der Waals surface area contributed by atoms with Gasteiger partial charge >= 0.3 is 5.69 Å². The number of nitrogens with one attached hydrogen (secondary N) is 2. The van der Waals surface area contributed by atoms with Crippen LogP contribution in [0.5, 0.6) is 0 Å². The monoisotopic (exact) mass is 576 g/mol. The van der Waals surface area contributed by atoms with E-state index < -0.39 is 0 Å². The molecule has 2 aromatic rings. The fourth-order valence-corrected chi connectivity index (χ4v) is 5.33. The minimum absolute atomic E-state index is 0. The van der Waals surface area contributed by atoms with Crippen LogP contribution in [-0.2, 0) is 4.18 Å². The van der Waals surface area contributed by atoms with Crippen molar-refractivity contribution < 1.29 is 8.98 Å². The number of H-pyrrole nitrogens is 1. The number of allylic oxidation sites excluding steroid dienone is 3. The summed E-state index contributed by atoms with van der Waals surface area (Å²) in [6, 6.07) is 9.66. The summed E-state index contributed by atoms with van der Waals surface area (Å²) >= 11 is 1.26. The lowest BCUT2D eigenvalue weighted by atomic mass is 10.0. The van der Waals surface area contributed by atoms with Crippen LogP contribution in [0.2, 0.25) is 0 Å². The van der Waals surface area contributed by atoms with Crippen molar-refractivity contribution in [3.8, 4) is 11.3 Å². The van der Waals surface area contributed by atoms with Crippen LogP contribution in [0.3, 0.4) is 0 Å². The Morgan fingerprint density at radius 2 is 1.82 bits per heavy atom. The second kappa shape index (κ2) is 16.6. The van der Waals surface area contributed by atoms with E-state index in [1.165, 1.54) is 12.2 Å². The van der Waals surface area contributed by atoms with Crippen LogP contribution < -0.4 is 11.0 Å². The van der Waals surface area contributed by atoms with Gasteiger partial charge in [-0.05, 0) is 38.8 Å². The minimum atomic E-state index is -0.241. The van der Waals surface area contributed by atoms with Crippen molar-refractivity contribution in [3.63, 3.8) is 0 Å². The number of amides is 1. The number of carbonyl (C=O) groups excluding carboxylic acids is 1. The van der Waals surface area contributed by atoms with Crippen LogP contribution in [0.15, 0.2) is 59.1 Å². The number of imidazole rings is 1. The highest BCUT2D eigenvalue weighted by atomic mass is 32.2. The van der Waals surface area contributed by atoms with Gasteiger partial charge in [-0.1, -0.05) is 50.3 Å². The van der Waals surface area contributed by atoms with E-state index in [9.17, 15) is 9.59 Å². The Hall–Kier alpha value is -2.44. The van der Waals surface area contributed by atoms with Crippen LogP contribution >= 0.6 is 25.7 Å². The number of nitrogens with zero attached hydrogens (tertiary/aromatic N) is 4. The van der Waals surface area contributed by atoms with Gasteiger partial charge in [0.2, 0.25) is 0 Å². The van der Waals surface area contributed by atoms with E-state index in [1.54, 1.807) is 4.57 Å². The lowest BCUT2D eigenvalue weighted by molar-refractivity contribution is 0.0413. The third-order valence-corrected chi connectivity index (χ3v) is 7.30. The summed E-state index contributed by atoms with van der Waals surface area (Å²) in [6.45, 7) is 12.2. The molecule has 216 valence electrons. The molecule has 2 saturated heterocycles. The molecule has 11 heteroatoms. The number of aromatic nitrogens is 2. The molecule has 1 aromatic carbocycles. The Morgan fingerprint density at radius 3 is 2.46 bits per heavy atom. The number of piperidine rings is 1. The first-order chi connectivity index (χ1) is 18.5. The quantitative estimate of drug-likeness (QED) is 0.206. The highest BCUT2D eigenvalue weighted by molar-refractivity contribution is 7.92. The summed E-state index contributed by atoms with van der Waals surface area (Å²) in [4.78, 5) is 31.6. The third kappa shape index (κ3) is 8.28. The summed E-state index contributed by atoms with van der Waals surface area (Å²) in [6.07, 6.45) is 7.56. The molecule has 0 spiro atoms. The van der Waals surface area contributed by atoms with E-state index in [4.69, 9.17) is 4.18 Å².